The molecule has 0 unspecified atom stereocenters. The van der Waals surface area contributed by atoms with Gasteiger partial charge in [-0.05, 0) is 49.9 Å². The molecule has 156 valence electrons. The average molecular weight is 415 g/mol. The fraction of sp³-hybridized carbons (Fsp3) is 0.417. The molecule has 0 saturated carbocycles. The van der Waals surface area contributed by atoms with Crippen LogP contribution in [0.5, 0.6) is 0 Å². The maximum atomic E-state index is 13.3. The molecule has 0 aliphatic rings. The Morgan fingerprint density at radius 3 is 2.31 bits per heavy atom. The Bertz CT molecular complexity index is 820. The van der Waals surface area contributed by atoms with Gasteiger partial charge in [-0.25, -0.2) is 0 Å². The van der Waals surface area contributed by atoms with E-state index in [4.69, 9.17) is 11.6 Å². The third-order valence-corrected chi connectivity index (χ3v) is 5.34. The third-order valence-electron chi connectivity index (χ3n) is 5.09. The van der Waals surface area contributed by atoms with Gasteiger partial charge in [-0.15, -0.1) is 0 Å². The molecular weight excluding hydrogens is 384 g/mol. The Morgan fingerprint density at radius 1 is 1.03 bits per heavy atom. The number of nitrogens with zero attached hydrogens (tertiary/aromatic N) is 1. The van der Waals surface area contributed by atoms with E-state index < -0.39 is 6.04 Å². The SMILES string of the molecule is CC[C@H](C)NC(=O)[C@H](CC)N(Cc1cccc(C)c1)C(=O)Cc1ccc(Cl)cc1. The second-order valence-corrected chi connectivity index (χ2v) is 7.99. The van der Waals surface area contributed by atoms with Crippen LogP contribution < -0.4 is 5.32 Å². The summed E-state index contributed by atoms with van der Waals surface area (Å²) >= 11 is 5.96. The molecule has 0 heterocycles. The van der Waals surface area contributed by atoms with Gasteiger partial charge in [0, 0.05) is 17.6 Å². The van der Waals surface area contributed by atoms with Crippen LogP contribution in [0, 0.1) is 6.92 Å². The molecule has 0 saturated heterocycles. The van der Waals surface area contributed by atoms with Crippen LogP contribution in [0.1, 0.15) is 50.3 Å². The molecule has 2 rings (SSSR count). The molecule has 2 amide bonds. The van der Waals surface area contributed by atoms with Crippen molar-refractivity contribution in [1.82, 2.24) is 10.2 Å². The lowest BCUT2D eigenvalue weighted by molar-refractivity contribution is -0.141. The largest absolute Gasteiger partial charge is 0.352 e. The fourth-order valence-electron chi connectivity index (χ4n) is 3.25. The molecule has 0 radical (unpaired) electrons. The van der Waals surface area contributed by atoms with E-state index in [1.165, 1.54) is 0 Å². The van der Waals surface area contributed by atoms with Crippen LogP contribution in [0.3, 0.4) is 0 Å². The number of hydrogen-bond acceptors (Lipinski definition) is 2. The summed E-state index contributed by atoms with van der Waals surface area (Å²) in [5.74, 6) is -0.168. The Labute approximate surface area is 179 Å². The molecule has 2 aromatic rings. The normalized spacial score (nSPS) is 12.9. The highest BCUT2D eigenvalue weighted by Gasteiger charge is 2.29. The Hall–Kier alpha value is -2.33. The third kappa shape index (κ3) is 6.90. The summed E-state index contributed by atoms with van der Waals surface area (Å²) < 4.78 is 0. The zero-order chi connectivity index (χ0) is 21.4. The average Bonchev–Trinajstić information content (AvgIpc) is 2.69. The highest BCUT2D eigenvalue weighted by atomic mass is 35.5. The maximum absolute atomic E-state index is 13.3. The van der Waals surface area contributed by atoms with Gasteiger partial charge < -0.3 is 10.2 Å². The number of carbonyl (C=O) groups excluding carboxylic acids is 2. The Kier molecular flexibility index (Phi) is 8.71. The quantitative estimate of drug-likeness (QED) is 0.633. The molecule has 0 aliphatic heterocycles. The summed E-state index contributed by atoms with van der Waals surface area (Å²) in [6.07, 6.45) is 1.63. The summed E-state index contributed by atoms with van der Waals surface area (Å²) in [4.78, 5) is 27.9. The van der Waals surface area contributed by atoms with Crippen LogP contribution in [0.2, 0.25) is 5.02 Å². The van der Waals surface area contributed by atoms with Crippen molar-refractivity contribution in [3.05, 3.63) is 70.2 Å². The van der Waals surface area contributed by atoms with Gasteiger partial charge in [0.1, 0.15) is 6.04 Å². The summed E-state index contributed by atoms with van der Waals surface area (Å²) in [6.45, 7) is 8.38. The highest BCUT2D eigenvalue weighted by molar-refractivity contribution is 6.30. The van der Waals surface area contributed by atoms with Crippen molar-refractivity contribution in [3.63, 3.8) is 0 Å². The number of aryl methyl sites for hydroxylation is 1. The molecule has 4 nitrogen and oxygen atoms in total. The first-order chi connectivity index (χ1) is 13.8. The zero-order valence-corrected chi connectivity index (χ0v) is 18.5. The molecule has 5 heteroatoms. The molecule has 0 bridgehead atoms. The minimum atomic E-state index is -0.510. The lowest BCUT2D eigenvalue weighted by Crippen LogP contribution is -2.51. The van der Waals surface area contributed by atoms with E-state index >= 15 is 0 Å². The molecule has 1 N–H and O–H groups in total. The van der Waals surface area contributed by atoms with E-state index in [0.29, 0.717) is 18.0 Å². The van der Waals surface area contributed by atoms with Crippen molar-refractivity contribution in [1.29, 1.82) is 0 Å². The number of benzene rings is 2. The molecule has 0 aromatic heterocycles. The van der Waals surface area contributed by atoms with Crippen molar-refractivity contribution in [2.45, 2.75) is 65.6 Å². The van der Waals surface area contributed by atoms with Gasteiger partial charge >= 0.3 is 0 Å². The molecule has 0 aliphatic carbocycles. The number of rotatable bonds is 9. The predicted molar refractivity (Wildman–Crippen MR) is 119 cm³/mol. The highest BCUT2D eigenvalue weighted by Crippen LogP contribution is 2.17. The van der Waals surface area contributed by atoms with Crippen LogP contribution in [0.15, 0.2) is 48.5 Å². The molecular formula is C24H31ClN2O2. The first kappa shape index (κ1) is 23.0. The van der Waals surface area contributed by atoms with E-state index in [1.54, 1.807) is 17.0 Å². The first-order valence-corrected chi connectivity index (χ1v) is 10.6. The van der Waals surface area contributed by atoms with Crippen LogP contribution in [-0.2, 0) is 22.6 Å². The van der Waals surface area contributed by atoms with Gasteiger partial charge in [0.05, 0.1) is 6.42 Å². The minimum absolute atomic E-state index is 0.0695. The number of halogens is 1. The standard InChI is InChI=1S/C24H31ClN2O2/c1-5-18(4)26-24(29)22(6-2)27(16-20-9-7-8-17(3)14-20)23(28)15-19-10-12-21(25)13-11-19/h7-14,18,22H,5-6,15-16H2,1-4H3,(H,26,29)/t18-,22-/m0/s1. The number of nitrogens with one attached hydrogen (secondary N) is 1. The van der Waals surface area contributed by atoms with E-state index in [1.807, 2.05) is 58.0 Å². The number of carbonyl (C=O) groups is 2. The van der Waals surface area contributed by atoms with E-state index in [2.05, 4.69) is 11.4 Å². The predicted octanol–water partition coefficient (Wildman–Crippen LogP) is 4.91. The molecule has 0 fully saturated rings. The Morgan fingerprint density at radius 2 is 1.72 bits per heavy atom. The van der Waals surface area contributed by atoms with Gasteiger partial charge in [-0.2, -0.15) is 0 Å². The second-order valence-electron chi connectivity index (χ2n) is 7.56. The van der Waals surface area contributed by atoms with Gasteiger partial charge in [-0.3, -0.25) is 9.59 Å². The van der Waals surface area contributed by atoms with Gasteiger partial charge in [0.25, 0.3) is 0 Å². The van der Waals surface area contributed by atoms with Crippen molar-refractivity contribution in [2.75, 3.05) is 0 Å². The van der Waals surface area contributed by atoms with Crippen LogP contribution in [0.4, 0.5) is 0 Å². The summed E-state index contributed by atoms with van der Waals surface area (Å²) in [6, 6.07) is 14.9. The second kappa shape index (κ2) is 11.0. The van der Waals surface area contributed by atoms with Gasteiger partial charge in [0.2, 0.25) is 11.8 Å². The summed E-state index contributed by atoms with van der Waals surface area (Å²) in [5, 5.41) is 3.67. The monoisotopic (exact) mass is 414 g/mol. The van der Waals surface area contributed by atoms with E-state index in [0.717, 1.165) is 23.1 Å². The smallest absolute Gasteiger partial charge is 0.243 e. The van der Waals surface area contributed by atoms with E-state index in [9.17, 15) is 9.59 Å². The molecule has 2 atom stereocenters. The zero-order valence-electron chi connectivity index (χ0n) is 17.7. The summed E-state index contributed by atoms with van der Waals surface area (Å²) in [7, 11) is 0. The van der Waals surface area contributed by atoms with Crippen LogP contribution >= 0.6 is 11.6 Å². The van der Waals surface area contributed by atoms with Crippen molar-refractivity contribution < 1.29 is 9.59 Å². The van der Waals surface area contributed by atoms with Crippen molar-refractivity contribution >= 4 is 23.4 Å². The van der Waals surface area contributed by atoms with Crippen LogP contribution in [0.25, 0.3) is 0 Å². The van der Waals surface area contributed by atoms with Gasteiger partial charge in [-0.1, -0.05) is 67.4 Å². The Balaban J connectivity index is 2.28. The van der Waals surface area contributed by atoms with E-state index in [-0.39, 0.29) is 24.3 Å². The van der Waals surface area contributed by atoms with Crippen molar-refractivity contribution in [2.24, 2.45) is 0 Å². The van der Waals surface area contributed by atoms with Gasteiger partial charge in [0.15, 0.2) is 0 Å². The minimum Gasteiger partial charge on any atom is -0.352 e. The first-order valence-electron chi connectivity index (χ1n) is 10.2. The maximum Gasteiger partial charge on any atom is 0.243 e. The molecule has 0 spiro atoms. The lowest BCUT2D eigenvalue weighted by Gasteiger charge is -2.31. The molecule has 2 aromatic carbocycles. The topological polar surface area (TPSA) is 49.4 Å². The summed E-state index contributed by atoms with van der Waals surface area (Å²) in [5.41, 5.74) is 3.03. The van der Waals surface area contributed by atoms with Crippen molar-refractivity contribution in [3.8, 4) is 0 Å². The number of amides is 2. The lowest BCUT2D eigenvalue weighted by atomic mass is 10.1. The fourth-order valence-corrected chi connectivity index (χ4v) is 3.37. The van der Waals surface area contributed by atoms with Crippen LogP contribution in [-0.4, -0.2) is 28.8 Å². The number of hydrogen-bond donors (Lipinski definition) is 1. The molecule has 29 heavy (non-hydrogen) atoms.